The van der Waals surface area contributed by atoms with Crippen LogP contribution in [0.5, 0.6) is 0 Å². The predicted molar refractivity (Wildman–Crippen MR) is 56.4 cm³/mol. The van der Waals surface area contributed by atoms with Gasteiger partial charge in [0, 0.05) is 25.2 Å². The van der Waals surface area contributed by atoms with Crippen molar-refractivity contribution in [2.24, 2.45) is 5.92 Å². The van der Waals surface area contributed by atoms with Gasteiger partial charge in [0.2, 0.25) is 5.91 Å². The summed E-state index contributed by atoms with van der Waals surface area (Å²) in [4.78, 5) is 23.5. The van der Waals surface area contributed by atoms with Crippen molar-refractivity contribution in [3.63, 3.8) is 0 Å². The molecular weight excluding hydrogens is 194 g/mol. The lowest BCUT2D eigenvalue weighted by Crippen LogP contribution is -2.38. The molecule has 1 unspecified atom stereocenters. The third-order valence-corrected chi connectivity index (χ3v) is 2.78. The van der Waals surface area contributed by atoms with Crippen LogP contribution in [0, 0.1) is 5.92 Å². The average Bonchev–Trinajstić information content (AvgIpc) is 2.26. The van der Waals surface area contributed by atoms with Crippen molar-refractivity contribution >= 4 is 11.9 Å². The normalized spacial score (nSPS) is 21.9. The van der Waals surface area contributed by atoms with E-state index < -0.39 is 5.97 Å². The molecule has 1 atom stereocenters. The van der Waals surface area contributed by atoms with Crippen molar-refractivity contribution in [2.45, 2.75) is 26.2 Å². The van der Waals surface area contributed by atoms with Gasteiger partial charge in [0.25, 0.3) is 0 Å². The van der Waals surface area contributed by atoms with Crippen LogP contribution < -0.4 is 0 Å². The molecule has 1 aliphatic rings. The van der Waals surface area contributed by atoms with E-state index in [1.165, 1.54) is 6.42 Å². The fourth-order valence-electron chi connectivity index (χ4n) is 1.85. The zero-order valence-corrected chi connectivity index (χ0v) is 8.98. The summed E-state index contributed by atoms with van der Waals surface area (Å²) < 4.78 is 0. The van der Waals surface area contributed by atoms with Crippen molar-refractivity contribution < 1.29 is 14.7 Å². The fourth-order valence-corrected chi connectivity index (χ4v) is 1.85. The van der Waals surface area contributed by atoms with Crippen LogP contribution in [0.15, 0.2) is 12.2 Å². The van der Waals surface area contributed by atoms with Crippen LogP contribution in [0.4, 0.5) is 0 Å². The molecule has 1 fully saturated rings. The third kappa shape index (κ3) is 3.73. The minimum absolute atomic E-state index is 0.185. The van der Waals surface area contributed by atoms with Gasteiger partial charge in [-0.3, -0.25) is 4.79 Å². The summed E-state index contributed by atoms with van der Waals surface area (Å²) in [5, 5.41) is 8.40. The summed E-state index contributed by atoms with van der Waals surface area (Å²) in [6.45, 7) is 3.63. The quantitative estimate of drug-likeness (QED) is 0.715. The Kier molecular flexibility index (Phi) is 4.34. The highest BCUT2D eigenvalue weighted by Crippen LogP contribution is 2.19. The Morgan fingerprint density at radius 3 is 2.80 bits per heavy atom. The van der Waals surface area contributed by atoms with E-state index in [1.807, 2.05) is 0 Å². The molecule has 1 amide bonds. The van der Waals surface area contributed by atoms with E-state index in [2.05, 4.69) is 6.92 Å². The molecule has 1 N–H and O–H groups in total. The SMILES string of the molecule is CCC1CCCN(C(=O)/C=C/C(=O)O)C1. The van der Waals surface area contributed by atoms with Gasteiger partial charge in [-0.1, -0.05) is 13.3 Å². The highest BCUT2D eigenvalue weighted by atomic mass is 16.4. The van der Waals surface area contributed by atoms with Gasteiger partial charge in [0.05, 0.1) is 0 Å². The molecule has 0 bridgehead atoms. The molecule has 84 valence electrons. The molecule has 0 spiro atoms. The summed E-state index contributed by atoms with van der Waals surface area (Å²) >= 11 is 0. The molecule has 4 nitrogen and oxygen atoms in total. The number of rotatable bonds is 3. The second kappa shape index (κ2) is 5.53. The van der Waals surface area contributed by atoms with Gasteiger partial charge in [-0.05, 0) is 18.8 Å². The molecule has 0 saturated carbocycles. The fraction of sp³-hybridized carbons (Fsp3) is 0.636. The molecule has 15 heavy (non-hydrogen) atoms. The number of carbonyl (C=O) groups excluding carboxylic acids is 1. The Hall–Kier alpha value is -1.32. The van der Waals surface area contributed by atoms with Gasteiger partial charge in [-0.15, -0.1) is 0 Å². The third-order valence-electron chi connectivity index (χ3n) is 2.78. The van der Waals surface area contributed by atoms with Crippen LogP contribution in [-0.2, 0) is 9.59 Å². The highest BCUT2D eigenvalue weighted by molar-refractivity contribution is 5.93. The molecule has 0 aromatic rings. The minimum Gasteiger partial charge on any atom is -0.478 e. The van der Waals surface area contributed by atoms with Crippen LogP contribution in [-0.4, -0.2) is 35.0 Å². The van der Waals surface area contributed by atoms with E-state index in [4.69, 9.17) is 5.11 Å². The van der Waals surface area contributed by atoms with E-state index in [0.717, 1.165) is 38.1 Å². The van der Waals surface area contributed by atoms with E-state index in [9.17, 15) is 9.59 Å². The summed E-state index contributed by atoms with van der Waals surface area (Å²) in [5.41, 5.74) is 0. The second-order valence-electron chi connectivity index (χ2n) is 3.87. The second-order valence-corrected chi connectivity index (χ2v) is 3.87. The number of hydrogen-bond acceptors (Lipinski definition) is 2. The average molecular weight is 211 g/mol. The zero-order valence-electron chi connectivity index (χ0n) is 8.98. The minimum atomic E-state index is -1.08. The number of aliphatic carboxylic acids is 1. The van der Waals surface area contributed by atoms with Gasteiger partial charge in [0.1, 0.15) is 0 Å². The van der Waals surface area contributed by atoms with Crippen LogP contribution in [0.2, 0.25) is 0 Å². The van der Waals surface area contributed by atoms with Gasteiger partial charge in [-0.2, -0.15) is 0 Å². The zero-order chi connectivity index (χ0) is 11.3. The maximum absolute atomic E-state index is 11.5. The van der Waals surface area contributed by atoms with Crippen molar-refractivity contribution in [1.29, 1.82) is 0 Å². The van der Waals surface area contributed by atoms with Gasteiger partial charge in [0.15, 0.2) is 0 Å². The molecular formula is C11H17NO3. The Balaban J connectivity index is 2.48. The van der Waals surface area contributed by atoms with E-state index >= 15 is 0 Å². The highest BCUT2D eigenvalue weighted by Gasteiger charge is 2.20. The summed E-state index contributed by atoms with van der Waals surface area (Å²) in [6, 6.07) is 0. The summed E-state index contributed by atoms with van der Waals surface area (Å²) in [5.74, 6) is -0.691. The first-order valence-electron chi connectivity index (χ1n) is 5.33. The Bertz CT molecular complexity index is 273. The van der Waals surface area contributed by atoms with E-state index in [-0.39, 0.29) is 5.91 Å². The first-order valence-corrected chi connectivity index (χ1v) is 5.33. The van der Waals surface area contributed by atoms with Gasteiger partial charge >= 0.3 is 5.97 Å². The van der Waals surface area contributed by atoms with Crippen LogP contribution in [0.25, 0.3) is 0 Å². The molecule has 0 aliphatic carbocycles. The lowest BCUT2D eigenvalue weighted by Gasteiger charge is -2.31. The van der Waals surface area contributed by atoms with E-state index in [0.29, 0.717) is 5.92 Å². The van der Waals surface area contributed by atoms with Gasteiger partial charge in [-0.25, -0.2) is 4.79 Å². The summed E-state index contributed by atoms with van der Waals surface area (Å²) in [6.07, 6.45) is 5.30. The van der Waals surface area contributed by atoms with Crippen LogP contribution in [0.3, 0.4) is 0 Å². The number of piperidine rings is 1. The maximum atomic E-state index is 11.5. The lowest BCUT2D eigenvalue weighted by atomic mass is 9.95. The topological polar surface area (TPSA) is 57.6 Å². The first kappa shape index (κ1) is 11.8. The predicted octanol–water partition coefficient (Wildman–Crippen LogP) is 1.28. The number of hydrogen-bond donors (Lipinski definition) is 1. The molecule has 1 rings (SSSR count). The molecule has 0 radical (unpaired) electrons. The number of carbonyl (C=O) groups is 2. The smallest absolute Gasteiger partial charge is 0.328 e. The molecule has 0 aromatic heterocycles. The number of carboxylic acids is 1. The number of carboxylic acid groups (broad SMARTS) is 1. The number of likely N-dealkylation sites (tertiary alicyclic amines) is 1. The van der Waals surface area contributed by atoms with Gasteiger partial charge < -0.3 is 10.0 Å². The molecule has 1 aliphatic heterocycles. The van der Waals surface area contributed by atoms with Crippen LogP contribution in [0.1, 0.15) is 26.2 Å². The van der Waals surface area contributed by atoms with E-state index in [1.54, 1.807) is 4.90 Å². The maximum Gasteiger partial charge on any atom is 0.328 e. The number of nitrogens with zero attached hydrogens (tertiary/aromatic N) is 1. The summed E-state index contributed by atoms with van der Waals surface area (Å²) in [7, 11) is 0. The lowest BCUT2D eigenvalue weighted by molar-refractivity contribution is -0.132. The Labute approximate surface area is 89.6 Å². The number of amides is 1. The molecule has 1 heterocycles. The standard InChI is InChI=1S/C11H17NO3/c1-2-9-4-3-7-12(8-9)10(13)5-6-11(14)15/h5-6,9H,2-4,7-8H2,1H3,(H,14,15)/b6-5+. The van der Waals surface area contributed by atoms with Crippen LogP contribution >= 0.6 is 0 Å². The van der Waals surface area contributed by atoms with Crippen molar-refractivity contribution in [3.05, 3.63) is 12.2 Å². The monoisotopic (exact) mass is 211 g/mol. The Morgan fingerprint density at radius 1 is 1.47 bits per heavy atom. The van der Waals surface area contributed by atoms with Crippen molar-refractivity contribution in [3.8, 4) is 0 Å². The first-order chi connectivity index (χ1) is 7.13. The largest absolute Gasteiger partial charge is 0.478 e. The molecule has 0 aromatic carbocycles. The van der Waals surface area contributed by atoms with Crippen molar-refractivity contribution in [2.75, 3.05) is 13.1 Å². The van der Waals surface area contributed by atoms with Crippen molar-refractivity contribution in [1.82, 2.24) is 4.90 Å². The Morgan fingerprint density at radius 2 is 2.20 bits per heavy atom. The molecule has 1 saturated heterocycles. The molecule has 4 heteroatoms.